The summed E-state index contributed by atoms with van der Waals surface area (Å²) in [6, 6.07) is 4.25. The molecule has 1 atom stereocenters. The van der Waals surface area contributed by atoms with Gasteiger partial charge in [0.25, 0.3) is 0 Å². The number of likely N-dealkylation sites (N-methyl/N-ethyl adjacent to an activating group) is 1. The van der Waals surface area contributed by atoms with Crippen molar-refractivity contribution in [1.82, 2.24) is 0 Å². The Morgan fingerprint density at radius 3 is 2.53 bits per heavy atom. The van der Waals surface area contributed by atoms with Crippen LogP contribution in [0.3, 0.4) is 0 Å². The second-order valence-electron chi connectivity index (χ2n) is 3.91. The summed E-state index contributed by atoms with van der Waals surface area (Å²) in [5.41, 5.74) is 6.29. The second kappa shape index (κ2) is 4.91. The summed E-state index contributed by atoms with van der Waals surface area (Å²) in [4.78, 5) is 1.60. The van der Waals surface area contributed by atoms with Gasteiger partial charge in [0.15, 0.2) is 0 Å². The third-order valence-electron chi connectivity index (χ3n) is 2.60. The number of rotatable bonds is 4. The third-order valence-corrected chi connectivity index (χ3v) is 3.54. The van der Waals surface area contributed by atoms with Gasteiger partial charge in [-0.1, -0.05) is 0 Å². The van der Waals surface area contributed by atoms with E-state index in [0.717, 1.165) is 0 Å². The summed E-state index contributed by atoms with van der Waals surface area (Å²) >= 11 is 0. The predicted octanol–water partition coefficient (Wildman–Crippen LogP) is -0.267. The maximum absolute atomic E-state index is 11.5. The monoisotopic (exact) mass is 259 g/mol. The molecule has 0 spiro atoms. The normalized spacial score (nSPS) is 13.4. The average molecular weight is 259 g/mol. The van der Waals surface area contributed by atoms with Gasteiger partial charge in [0, 0.05) is 18.8 Å². The highest BCUT2D eigenvalue weighted by atomic mass is 32.2. The van der Waals surface area contributed by atoms with Crippen LogP contribution in [-0.2, 0) is 10.0 Å². The van der Waals surface area contributed by atoms with Crippen LogP contribution in [0.1, 0.15) is 6.92 Å². The van der Waals surface area contributed by atoms with Crippen LogP contribution in [-0.4, -0.2) is 33.2 Å². The first-order valence-electron chi connectivity index (χ1n) is 5.03. The van der Waals surface area contributed by atoms with E-state index in [1.807, 2.05) is 0 Å². The van der Waals surface area contributed by atoms with Gasteiger partial charge in [0.05, 0.1) is 12.3 Å². The molecule has 0 aromatic heterocycles. The van der Waals surface area contributed by atoms with Gasteiger partial charge in [0.1, 0.15) is 4.90 Å². The lowest BCUT2D eigenvalue weighted by molar-refractivity contribution is 0.270. The summed E-state index contributed by atoms with van der Waals surface area (Å²) in [5.74, 6) is 0. The van der Waals surface area contributed by atoms with Crippen molar-refractivity contribution in [3.05, 3.63) is 18.2 Å². The molecule has 0 aliphatic rings. The van der Waals surface area contributed by atoms with Crippen LogP contribution in [0.4, 0.5) is 11.4 Å². The van der Waals surface area contributed by atoms with E-state index in [9.17, 15) is 8.42 Å². The molecular weight excluding hydrogens is 242 g/mol. The first kappa shape index (κ1) is 13.8. The lowest BCUT2D eigenvalue weighted by atomic mass is 10.2. The highest BCUT2D eigenvalue weighted by Gasteiger charge is 2.19. The minimum absolute atomic E-state index is 0.0414. The number of nitrogens with two attached hydrogens (primary N) is 2. The highest BCUT2D eigenvalue weighted by molar-refractivity contribution is 7.89. The zero-order valence-corrected chi connectivity index (χ0v) is 10.6. The number of primary sulfonamides is 1. The number of hydrogen-bond donors (Lipinski definition) is 3. The zero-order valence-electron chi connectivity index (χ0n) is 9.79. The zero-order chi connectivity index (χ0) is 13.2. The number of nitrogens with zero attached hydrogens (tertiary/aromatic N) is 1. The second-order valence-corrected chi connectivity index (χ2v) is 5.44. The molecular formula is C10H17N3O3S. The topological polar surface area (TPSA) is 110 Å². The maximum atomic E-state index is 11.5. The number of hydrogen-bond acceptors (Lipinski definition) is 5. The van der Waals surface area contributed by atoms with Crippen molar-refractivity contribution in [1.29, 1.82) is 0 Å². The molecule has 0 saturated heterocycles. The van der Waals surface area contributed by atoms with Crippen LogP contribution in [0.15, 0.2) is 23.1 Å². The molecule has 1 aromatic carbocycles. The quantitative estimate of drug-likeness (QED) is 0.645. The largest absolute Gasteiger partial charge is 0.399 e. The van der Waals surface area contributed by atoms with E-state index in [-0.39, 0.29) is 17.5 Å². The van der Waals surface area contributed by atoms with E-state index in [1.165, 1.54) is 6.07 Å². The van der Waals surface area contributed by atoms with Gasteiger partial charge in [-0.2, -0.15) is 0 Å². The van der Waals surface area contributed by atoms with Crippen LogP contribution in [0.25, 0.3) is 0 Å². The third kappa shape index (κ3) is 3.09. The molecule has 0 aliphatic heterocycles. The number of benzene rings is 1. The Morgan fingerprint density at radius 1 is 1.47 bits per heavy atom. The number of aliphatic hydroxyl groups is 1. The molecule has 0 radical (unpaired) electrons. The van der Waals surface area contributed by atoms with Crippen molar-refractivity contribution in [2.75, 3.05) is 24.3 Å². The molecule has 96 valence electrons. The van der Waals surface area contributed by atoms with Gasteiger partial charge in [-0.15, -0.1) is 0 Å². The van der Waals surface area contributed by atoms with Crippen molar-refractivity contribution >= 4 is 21.4 Å². The summed E-state index contributed by atoms with van der Waals surface area (Å²) < 4.78 is 22.9. The summed E-state index contributed by atoms with van der Waals surface area (Å²) in [6.07, 6.45) is 0. The Kier molecular flexibility index (Phi) is 3.97. The SMILES string of the molecule is CC(CO)N(C)c1ccc(N)cc1S(N)(=O)=O. The van der Waals surface area contributed by atoms with Crippen molar-refractivity contribution in [2.24, 2.45) is 5.14 Å². The van der Waals surface area contributed by atoms with Crippen LogP contribution >= 0.6 is 0 Å². The van der Waals surface area contributed by atoms with Crippen LogP contribution in [0, 0.1) is 0 Å². The van der Waals surface area contributed by atoms with E-state index in [1.54, 1.807) is 31.0 Å². The van der Waals surface area contributed by atoms with Crippen molar-refractivity contribution in [2.45, 2.75) is 17.9 Å². The Hall–Kier alpha value is -1.31. The minimum Gasteiger partial charge on any atom is -0.399 e. The molecule has 1 unspecified atom stereocenters. The smallest absolute Gasteiger partial charge is 0.240 e. The number of nitrogen functional groups attached to an aromatic ring is 1. The number of sulfonamides is 1. The van der Waals surface area contributed by atoms with E-state index in [2.05, 4.69) is 0 Å². The van der Waals surface area contributed by atoms with Gasteiger partial charge >= 0.3 is 0 Å². The van der Waals surface area contributed by atoms with Crippen LogP contribution in [0.5, 0.6) is 0 Å². The fraction of sp³-hybridized carbons (Fsp3) is 0.400. The molecule has 0 heterocycles. The first-order chi connectivity index (χ1) is 7.77. The molecule has 6 nitrogen and oxygen atoms in total. The van der Waals surface area contributed by atoms with Crippen molar-refractivity contribution in [3.63, 3.8) is 0 Å². The lowest BCUT2D eigenvalue weighted by Gasteiger charge is -2.27. The van der Waals surface area contributed by atoms with Crippen molar-refractivity contribution in [3.8, 4) is 0 Å². The van der Waals surface area contributed by atoms with Gasteiger partial charge in [-0.3, -0.25) is 0 Å². The van der Waals surface area contributed by atoms with Crippen LogP contribution < -0.4 is 15.8 Å². The first-order valence-corrected chi connectivity index (χ1v) is 6.58. The van der Waals surface area contributed by atoms with Crippen LogP contribution in [0.2, 0.25) is 0 Å². The average Bonchev–Trinajstić information content (AvgIpc) is 2.25. The summed E-state index contributed by atoms with van der Waals surface area (Å²) in [6.45, 7) is 1.67. The molecule has 0 fully saturated rings. The molecule has 0 aliphatic carbocycles. The molecule has 17 heavy (non-hydrogen) atoms. The fourth-order valence-corrected chi connectivity index (χ4v) is 2.21. The number of anilines is 2. The standard InChI is InChI=1S/C10H17N3O3S/c1-7(6-14)13(2)9-4-3-8(11)5-10(9)17(12,15)16/h3-5,7,14H,6,11H2,1-2H3,(H2,12,15,16). The van der Waals surface area contributed by atoms with Crippen molar-refractivity contribution < 1.29 is 13.5 Å². The Bertz CT molecular complexity index is 502. The molecule has 0 amide bonds. The Labute approximate surface area is 101 Å². The molecule has 1 rings (SSSR count). The summed E-state index contributed by atoms with van der Waals surface area (Å²) in [7, 11) is -2.16. The lowest BCUT2D eigenvalue weighted by Crippen LogP contribution is -2.33. The maximum Gasteiger partial charge on any atom is 0.240 e. The van der Waals surface area contributed by atoms with E-state index < -0.39 is 10.0 Å². The molecule has 1 aromatic rings. The minimum atomic E-state index is -3.85. The Morgan fingerprint density at radius 2 is 2.06 bits per heavy atom. The molecule has 7 heteroatoms. The van der Waals surface area contributed by atoms with E-state index in [4.69, 9.17) is 16.0 Å². The number of aliphatic hydroxyl groups excluding tert-OH is 1. The van der Waals surface area contributed by atoms with E-state index >= 15 is 0 Å². The molecule has 0 bridgehead atoms. The fourth-order valence-electron chi connectivity index (χ4n) is 1.41. The Balaban J connectivity index is 3.34. The molecule has 0 saturated carbocycles. The molecule has 5 N–H and O–H groups in total. The van der Waals surface area contributed by atoms with Gasteiger partial charge in [-0.25, -0.2) is 13.6 Å². The highest BCUT2D eigenvalue weighted by Crippen LogP contribution is 2.26. The summed E-state index contributed by atoms with van der Waals surface area (Å²) in [5, 5.41) is 14.2. The van der Waals surface area contributed by atoms with E-state index in [0.29, 0.717) is 11.4 Å². The predicted molar refractivity (Wildman–Crippen MR) is 67.2 cm³/mol. The van der Waals surface area contributed by atoms with Gasteiger partial charge in [0.2, 0.25) is 10.0 Å². The van der Waals surface area contributed by atoms with Gasteiger partial charge < -0.3 is 15.7 Å². The van der Waals surface area contributed by atoms with Gasteiger partial charge in [-0.05, 0) is 25.1 Å².